The molecule has 0 heterocycles. The number of unbranched alkanes of at least 4 members (excludes halogenated alkanes) is 10. The first-order valence-electron chi connectivity index (χ1n) is 11.0. The van der Waals surface area contributed by atoms with Crippen molar-refractivity contribution in [1.29, 1.82) is 0 Å². The van der Waals surface area contributed by atoms with Crippen LogP contribution in [0.2, 0.25) is 0 Å². The van der Waals surface area contributed by atoms with Crippen molar-refractivity contribution in [3.8, 4) is 0 Å². The average molecular weight is 326 g/mol. The van der Waals surface area contributed by atoms with Gasteiger partial charge in [0, 0.05) is 6.04 Å². The molecule has 140 valence electrons. The molecule has 1 unspecified atom stereocenters. The minimum absolute atomic E-state index is 0.463. The summed E-state index contributed by atoms with van der Waals surface area (Å²) in [5.41, 5.74) is 6.05. The van der Waals surface area contributed by atoms with Crippen molar-refractivity contribution >= 4 is 0 Å². The van der Waals surface area contributed by atoms with Crippen LogP contribution in [-0.4, -0.2) is 6.04 Å². The van der Waals surface area contributed by atoms with Gasteiger partial charge in [0.15, 0.2) is 0 Å². The molecule has 1 nitrogen and oxygen atoms in total. The molecule has 0 aromatic rings. The van der Waals surface area contributed by atoms with E-state index in [-0.39, 0.29) is 0 Å². The fraction of sp³-hybridized carbons (Fsp3) is 1.00. The molecule has 2 atom stereocenters. The van der Waals surface area contributed by atoms with Gasteiger partial charge in [-0.05, 0) is 18.8 Å². The third-order valence-electron chi connectivity index (χ3n) is 5.23. The minimum Gasteiger partial charge on any atom is -0.328 e. The Kier molecular flexibility index (Phi) is 18.3. The molecule has 1 heteroatoms. The average Bonchev–Trinajstić information content (AvgIpc) is 2.54. The lowest BCUT2D eigenvalue weighted by molar-refractivity contribution is 0.440. The summed E-state index contributed by atoms with van der Waals surface area (Å²) in [5, 5.41) is 0. The van der Waals surface area contributed by atoms with Gasteiger partial charge in [0.25, 0.3) is 0 Å². The highest BCUT2D eigenvalue weighted by atomic mass is 14.6. The summed E-state index contributed by atoms with van der Waals surface area (Å²) in [5.74, 6) is 0.959. The second-order valence-electron chi connectivity index (χ2n) is 7.91. The lowest BCUT2D eigenvalue weighted by Crippen LogP contribution is -2.18. The van der Waals surface area contributed by atoms with Crippen LogP contribution in [-0.2, 0) is 0 Å². The normalized spacial score (nSPS) is 14.1. The molecule has 0 aromatic heterocycles. The maximum Gasteiger partial charge on any atom is 0.00387 e. The Morgan fingerprint density at radius 2 is 0.957 bits per heavy atom. The van der Waals surface area contributed by atoms with Crippen LogP contribution in [0.25, 0.3) is 0 Å². The molecule has 0 saturated carbocycles. The fourth-order valence-electron chi connectivity index (χ4n) is 3.53. The van der Waals surface area contributed by atoms with Crippen molar-refractivity contribution in [2.24, 2.45) is 11.7 Å². The van der Waals surface area contributed by atoms with Gasteiger partial charge in [-0.15, -0.1) is 0 Å². The van der Waals surface area contributed by atoms with Gasteiger partial charge in [-0.3, -0.25) is 0 Å². The van der Waals surface area contributed by atoms with Crippen molar-refractivity contribution in [2.45, 2.75) is 136 Å². The molecule has 2 N–H and O–H groups in total. The summed E-state index contributed by atoms with van der Waals surface area (Å²) in [6.45, 7) is 6.96. The van der Waals surface area contributed by atoms with Gasteiger partial charge in [0.1, 0.15) is 0 Å². The van der Waals surface area contributed by atoms with Gasteiger partial charge in [-0.1, -0.05) is 117 Å². The fourth-order valence-corrected chi connectivity index (χ4v) is 3.53. The lowest BCUT2D eigenvalue weighted by Gasteiger charge is -2.10. The molecule has 0 aromatic carbocycles. The number of nitrogens with two attached hydrogens (primary N) is 1. The summed E-state index contributed by atoms with van der Waals surface area (Å²) in [6, 6.07) is 0.463. The van der Waals surface area contributed by atoms with Crippen LogP contribution in [0.3, 0.4) is 0 Å². The van der Waals surface area contributed by atoms with Crippen LogP contribution in [0.5, 0.6) is 0 Å². The van der Waals surface area contributed by atoms with Crippen LogP contribution < -0.4 is 5.73 Å². The predicted octanol–water partition coefficient (Wildman–Crippen LogP) is 7.62. The zero-order valence-corrected chi connectivity index (χ0v) is 16.8. The third kappa shape index (κ3) is 18.1. The molecule has 0 spiro atoms. The van der Waals surface area contributed by atoms with Crippen molar-refractivity contribution in [2.75, 3.05) is 0 Å². The van der Waals surface area contributed by atoms with E-state index in [2.05, 4.69) is 20.8 Å². The number of hydrogen-bond acceptors (Lipinski definition) is 1. The van der Waals surface area contributed by atoms with Gasteiger partial charge in [-0.25, -0.2) is 0 Å². The van der Waals surface area contributed by atoms with Gasteiger partial charge in [0.2, 0.25) is 0 Å². The molecule has 0 saturated heterocycles. The molecule has 0 bridgehead atoms. The van der Waals surface area contributed by atoms with Gasteiger partial charge in [-0.2, -0.15) is 0 Å². The van der Waals surface area contributed by atoms with Crippen molar-refractivity contribution in [3.05, 3.63) is 0 Å². The maximum atomic E-state index is 6.05. The Morgan fingerprint density at radius 3 is 1.43 bits per heavy atom. The maximum absolute atomic E-state index is 6.05. The molecular weight excluding hydrogens is 278 g/mol. The second kappa shape index (κ2) is 18.3. The van der Waals surface area contributed by atoms with E-state index in [0.29, 0.717) is 6.04 Å². The van der Waals surface area contributed by atoms with E-state index in [1.165, 1.54) is 109 Å². The molecule has 0 aliphatic rings. The minimum atomic E-state index is 0.463. The van der Waals surface area contributed by atoms with Crippen LogP contribution in [0.15, 0.2) is 0 Å². The highest BCUT2D eigenvalue weighted by Crippen LogP contribution is 2.17. The SMILES string of the molecule is CCCC[C@@H](C)CCCCCCCCCCCCC(N)CCC. The molecule has 0 fully saturated rings. The van der Waals surface area contributed by atoms with E-state index in [1.54, 1.807) is 0 Å². The quantitative estimate of drug-likeness (QED) is 0.258. The van der Waals surface area contributed by atoms with Crippen molar-refractivity contribution < 1.29 is 0 Å². The first-order valence-corrected chi connectivity index (χ1v) is 11.0. The van der Waals surface area contributed by atoms with Crippen molar-refractivity contribution in [3.63, 3.8) is 0 Å². The molecule has 0 aliphatic heterocycles. The van der Waals surface area contributed by atoms with Crippen LogP contribution in [0.1, 0.15) is 130 Å². The summed E-state index contributed by atoms with van der Waals surface area (Å²) >= 11 is 0. The Morgan fingerprint density at radius 1 is 0.522 bits per heavy atom. The molecule has 0 rings (SSSR count). The molecular formula is C22H47N. The van der Waals surface area contributed by atoms with E-state index < -0.39 is 0 Å². The van der Waals surface area contributed by atoms with Gasteiger partial charge < -0.3 is 5.73 Å². The monoisotopic (exact) mass is 325 g/mol. The highest BCUT2D eigenvalue weighted by molar-refractivity contribution is 4.60. The largest absolute Gasteiger partial charge is 0.328 e. The molecule has 0 amide bonds. The number of rotatable bonds is 18. The Bertz CT molecular complexity index is 214. The van der Waals surface area contributed by atoms with Gasteiger partial charge >= 0.3 is 0 Å². The second-order valence-corrected chi connectivity index (χ2v) is 7.91. The Hall–Kier alpha value is -0.0400. The van der Waals surface area contributed by atoms with Crippen LogP contribution in [0.4, 0.5) is 0 Å². The van der Waals surface area contributed by atoms with E-state index in [4.69, 9.17) is 5.73 Å². The first kappa shape index (κ1) is 23.0. The van der Waals surface area contributed by atoms with E-state index in [0.717, 1.165) is 5.92 Å². The summed E-state index contributed by atoms with van der Waals surface area (Å²) in [6.07, 6.45) is 23.7. The van der Waals surface area contributed by atoms with E-state index >= 15 is 0 Å². The highest BCUT2D eigenvalue weighted by Gasteiger charge is 2.01. The van der Waals surface area contributed by atoms with Gasteiger partial charge in [0.05, 0.1) is 0 Å². The zero-order valence-electron chi connectivity index (χ0n) is 16.8. The molecule has 0 aliphatic carbocycles. The van der Waals surface area contributed by atoms with E-state index in [9.17, 15) is 0 Å². The number of hydrogen-bond donors (Lipinski definition) is 1. The van der Waals surface area contributed by atoms with Crippen LogP contribution >= 0.6 is 0 Å². The third-order valence-corrected chi connectivity index (χ3v) is 5.23. The predicted molar refractivity (Wildman–Crippen MR) is 107 cm³/mol. The smallest absolute Gasteiger partial charge is 0.00387 e. The standard InChI is InChI=1S/C22H47N/c1-4-6-18-21(3)19-15-13-11-9-7-8-10-12-14-16-20-22(23)17-5-2/h21-22H,4-20,23H2,1-3H3/t21-,22?/m1/s1. The lowest BCUT2D eigenvalue weighted by atomic mass is 9.97. The summed E-state index contributed by atoms with van der Waals surface area (Å²) < 4.78 is 0. The summed E-state index contributed by atoms with van der Waals surface area (Å²) in [4.78, 5) is 0. The first-order chi connectivity index (χ1) is 11.2. The molecule has 0 radical (unpaired) electrons. The van der Waals surface area contributed by atoms with Crippen LogP contribution in [0, 0.1) is 5.92 Å². The van der Waals surface area contributed by atoms with E-state index in [1.807, 2.05) is 0 Å². The summed E-state index contributed by atoms with van der Waals surface area (Å²) in [7, 11) is 0. The van der Waals surface area contributed by atoms with Crippen molar-refractivity contribution in [1.82, 2.24) is 0 Å². The topological polar surface area (TPSA) is 26.0 Å². The molecule has 23 heavy (non-hydrogen) atoms. The zero-order chi connectivity index (χ0) is 17.2. The Labute approximate surface area is 148 Å². The Balaban J connectivity index is 3.10.